The molecular weight excluding hydrogens is 324 g/mol. The van der Waals surface area contributed by atoms with E-state index in [0.717, 1.165) is 0 Å². The van der Waals surface area contributed by atoms with E-state index >= 15 is 0 Å². The average molecular weight is 333 g/mol. The highest BCUT2D eigenvalue weighted by Gasteiger charge is 2.09. The zero-order valence-electron chi connectivity index (χ0n) is 8.92. The largest absolute Gasteiger partial charge is 0.338 e. The summed E-state index contributed by atoms with van der Waals surface area (Å²) in [6, 6.07) is 4.14. The fraction of sp³-hybridized carbons (Fsp3) is 0. The summed E-state index contributed by atoms with van der Waals surface area (Å²) in [4.78, 5) is 7.93. The highest BCUT2D eigenvalue weighted by atomic mass is 79.9. The van der Waals surface area contributed by atoms with Crippen molar-refractivity contribution in [1.29, 1.82) is 0 Å². The zero-order valence-corrected chi connectivity index (χ0v) is 11.3. The summed E-state index contributed by atoms with van der Waals surface area (Å²) in [6.07, 6.45) is 1.52. The predicted octanol–water partition coefficient (Wildman–Crippen LogP) is 3.06. The second kappa shape index (κ2) is 5.47. The van der Waals surface area contributed by atoms with Crippen LogP contribution in [0.5, 0.6) is 0 Å². The molecule has 0 fully saturated rings. The minimum Gasteiger partial charge on any atom is -0.338 e. The van der Waals surface area contributed by atoms with Crippen LogP contribution < -0.4 is 16.6 Å². The number of hydrogen-bond donors (Lipinski definition) is 3. The molecule has 1 aromatic heterocycles. The maximum atomic E-state index is 13.1. The molecule has 94 valence electrons. The van der Waals surface area contributed by atoms with Gasteiger partial charge in [-0.3, -0.25) is 5.43 Å². The van der Waals surface area contributed by atoms with Crippen LogP contribution in [-0.4, -0.2) is 9.97 Å². The standard InChI is InChI=1S/C10H8BrClFN5/c11-6-3-5(13)4-7(12)9(6)16-8-1-2-15-10(17-8)18-14/h1-4H,14H2,(H2,15,16,17,18). The normalized spacial score (nSPS) is 10.2. The van der Waals surface area contributed by atoms with Gasteiger partial charge in [0.15, 0.2) is 0 Å². The molecule has 0 unspecified atom stereocenters. The molecule has 0 spiro atoms. The third-order valence-corrected chi connectivity index (χ3v) is 2.97. The molecule has 0 saturated heterocycles. The van der Waals surface area contributed by atoms with Crippen LogP contribution in [0.2, 0.25) is 5.02 Å². The van der Waals surface area contributed by atoms with Gasteiger partial charge >= 0.3 is 0 Å². The lowest BCUT2D eigenvalue weighted by Gasteiger charge is -2.10. The van der Waals surface area contributed by atoms with E-state index < -0.39 is 5.82 Å². The molecule has 1 aromatic carbocycles. The van der Waals surface area contributed by atoms with Crippen molar-refractivity contribution in [2.45, 2.75) is 0 Å². The first-order valence-corrected chi connectivity index (χ1v) is 5.98. The van der Waals surface area contributed by atoms with E-state index in [4.69, 9.17) is 17.4 Å². The Morgan fingerprint density at radius 2 is 2.17 bits per heavy atom. The lowest BCUT2D eigenvalue weighted by molar-refractivity contribution is 0.627. The number of nitrogens with two attached hydrogens (primary N) is 1. The average Bonchev–Trinajstić information content (AvgIpc) is 2.34. The van der Waals surface area contributed by atoms with Gasteiger partial charge in [-0.25, -0.2) is 15.2 Å². The van der Waals surface area contributed by atoms with Crippen molar-refractivity contribution >= 4 is 45.0 Å². The van der Waals surface area contributed by atoms with Crippen LogP contribution in [0, 0.1) is 5.82 Å². The fourth-order valence-corrected chi connectivity index (χ4v) is 2.19. The smallest absolute Gasteiger partial charge is 0.239 e. The van der Waals surface area contributed by atoms with Crippen LogP contribution in [0.15, 0.2) is 28.9 Å². The van der Waals surface area contributed by atoms with Gasteiger partial charge in [-0.2, -0.15) is 4.98 Å². The molecule has 1 heterocycles. The Kier molecular flexibility index (Phi) is 3.95. The Morgan fingerprint density at radius 3 is 2.83 bits per heavy atom. The van der Waals surface area contributed by atoms with Crippen LogP contribution >= 0.6 is 27.5 Å². The van der Waals surface area contributed by atoms with E-state index in [1.54, 1.807) is 6.07 Å². The van der Waals surface area contributed by atoms with Crippen LogP contribution in [-0.2, 0) is 0 Å². The molecule has 8 heteroatoms. The maximum Gasteiger partial charge on any atom is 0.239 e. The van der Waals surface area contributed by atoms with Crippen molar-refractivity contribution in [2.75, 3.05) is 10.7 Å². The molecule has 2 rings (SSSR count). The van der Waals surface area contributed by atoms with Crippen molar-refractivity contribution in [1.82, 2.24) is 9.97 Å². The van der Waals surface area contributed by atoms with E-state index in [0.29, 0.717) is 16.0 Å². The summed E-state index contributed by atoms with van der Waals surface area (Å²) in [5.74, 6) is 5.52. The molecular formula is C10H8BrClFN5. The van der Waals surface area contributed by atoms with Crippen molar-refractivity contribution in [2.24, 2.45) is 5.84 Å². The second-order valence-corrected chi connectivity index (χ2v) is 4.54. The molecule has 0 saturated carbocycles. The molecule has 0 radical (unpaired) electrons. The lowest BCUT2D eigenvalue weighted by Crippen LogP contribution is -2.11. The molecule has 5 nitrogen and oxygen atoms in total. The van der Waals surface area contributed by atoms with Gasteiger partial charge in [0.25, 0.3) is 0 Å². The second-order valence-electron chi connectivity index (χ2n) is 3.28. The van der Waals surface area contributed by atoms with E-state index in [1.807, 2.05) is 0 Å². The minimum absolute atomic E-state index is 0.239. The number of anilines is 3. The Labute approximate surface area is 116 Å². The summed E-state index contributed by atoms with van der Waals surface area (Å²) in [6.45, 7) is 0. The number of aromatic nitrogens is 2. The van der Waals surface area contributed by atoms with Crippen molar-refractivity contribution in [3.8, 4) is 0 Å². The van der Waals surface area contributed by atoms with Gasteiger partial charge in [-0.15, -0.1) is 0 Å². The van der Waals surface area contributed by atoms with Crippen LogP contribution in [0.1, 0.15) is 0 Å². The summed E-state index contributed by atoms with van der Waals surface area (Å²) in [7, 11) is 0. The first-order valence-electron chi connectivity index (χ1n) is 4.81. The lowest BCUT2D eigenvalue weighted by atomic mass is 10.3. The summed E-state index contributed by atoms with van der Waals surface area (Å²) in [5, 5.41) is 3.19. The zero-order chi connectivity index (χ0) is 13.1. The molecule has 0 amide bonds. The Morgan fingerprint density at radius 1 is 1.39 bits per heavy atom. The van der Waals surface area contributed by atoms with E-state index in [9.17, 15) is 4.39 Å². The van der Waals surface area contributed by atoms with Crippen molar-refractivity contribution in [3.05, 3.63) is 39.7 Å². The first kappa shape index (κ1) is 13.0. The topological polar surface area (TPSA) is 75.9 Å². The number of nitrogen functional groups attached to an aromatic ring is 1. The molecule has 2 aromatic rings. The van der Waals surface area contributed by atoms with Gasteiger partial charge in [0.05, 0.1) is 10.7 Å². The monoisotopic (exact) mass is 331 g/mol. The van der Waals surface area contributed by atoms with Gasteiger partial charge < -0.3 is 5.32 Å². The Bertz CT molecular complexity index is 557. The van der Waals surface area contributed by atoms with Gasteiger partial charge in [0.2, 0.25) is 5.95 Å². The van der Waals surface area contributed by atoms with Crippen molar-refractivity contribution < 1.29 is 4.39 Å². The number of rotatable bonds is 3. The van der Waals surface area contributed by atoms with E-state index in [2.05, 4.69) is 36.6 Å². The number of hydrogen-bond acceptors (Lipinski definition) is 5. The summed E-state index contributed by atoms with van der Waals surface area (Å²) < 4.78 is 13.6. The molecule has 0 bridgehead atoms. The SMILES string of the molecule is NNc1nccc(Nc2c(Cl)cc(F)cc2Br)n1. The molecule has 4 N–H and O–H groups in total. The Hall–Kier alpha value is -1.44. The third kappa shape index (κ3) is 2.87. The molecule has 18 heavy (non-hydrogen) atoms. The predicted molar refractivity (Wildman–Crippen MR) is 72.2 cm³/mol. The number of halogens is 3. The van der Waals surface area contributed by atoms with Gasteiger partial charge in [-0.05, 0) is 34.1 Å². The molecule has 0 atom stereocenters. The highest BCUT2D eigenvalue weighted by molar-refractivity contribution is 9.10. The summed E-state index contributed by atoms with van der Waals surface area (Å²) in [5.41, 5.74) is 2.84. The van der Waals surface area contributed by atoms with Crippen LogP contribution in [0.4, 0.5) is 21.8 Å². The molecule has 0 aliphatic rings. The van der Waals surface area contributed by atoms with Crippen molar-refractivity contribution in [3.63, 3.8) is 0 Å². The molecule has 0 aliphatic carbocycles. The quantitative estimate of drug-likeness (QED) is 0.595. The van der Waals surface area contributed by atoms with E-state index in [-0.39, 0.29) is 11.0 Å². The fourth-order valence-electron chi connectivity index (χ4n) is 1.29. The first-order chi connectivity index (χ1) is 8.60. The number of benzene rings is 1. The number of nitrogens with one attached hydrogen (secondary N) is 2. The van der Waals surface area contributed by atoms with Gasteiger partial charge in [-0.1, -0.05) is 11.6 Å². The van der Waals surface area contributed by atoms with Crippen LogP contribution in [0.3, 0.4) is 0 Å². The number of nitrogens with zero attached hydrogens (tertiary/aromatic N) is 2. The molecule has 0 aliphatic heterocycles. The van der Waals surface area contributed by atoms with E-state index in [1.165, 1.54) is 18.3 Å². The third-order valence-electron chi connectivity index (χ3n) is 2.04. The summed E-state index contributed by atoms with van der Waals surface area (Å²) >= 11 is 9.16. The number of hydrazine groups is 1. The minimum atomic E-state index is -0.426. The Balaban J connectivity index is 2.33. The highest BCUT2D eigenvalue weighted by Crippen LogP contribution is 2.33. The van der Waals surface area contributed by atoms with Crippen LogP contribution in [0.25, 0.3) is 0 Å². The van der Waals surface area contributed by atoms with Gasteiger partial charge in [0.1, 0.15) is 11.6 Å². The maximum absolute atomic E-state index is 13.1. The van der Waals surface area contributed by atoms with Gasteiger partial charge in [0, 0.05) is 10.7 Å².